The standard InChI is InChI=1S/C28H31N5O6/c34-21(17-29-10-13-38-22-6-4-19(5-7-22)28(36)33-11-14-37-15-12-33)18-39-25-3-1-2-24-26(25)23(27(35)31-24)16-20-8-9-30-32-20/h1-9,16,21,29,34H,10-15,17-18H2,(H,30,32)(H,31,35). The summed E-state index contributed by atoms with van der Waals surface area (Å²) < 4.78 is 16.9. The van der Waals surface area contributed by atoms with Gasteiger partial charge in [0, 0.05) is 37.9 Å². The fraction of sp³-hybridized carbons (Fsp3) is 0.321. The third kappa shape index (κ3) is 6.63. The molecule has 0 spiro atoms. The van der Waals surface area contributed by atoms with Gasteiger partial charge in [0.15, 0.2) is 0 Å². The van der Waals surface area contributed by atoms with Crippen molar-refractivity contribution in [3.05, 3.63) is 71.5 Å². The second-order valence-electron chi connectivity index (χ2n) is 9.15. The van der Waals surface area contributed by atoms with Gasteiger partial charge in [-0.05, 0) is 48.5 Å². The molecular formula is C28H31N5O6. The number of aromatic amines is 1. The van der Waals surface area contributed by atoms with Gasteiger partial charge in [0.05, 0.1) is 35.7 Å². The van der Waals surface area contributed by atoms with E-state index in [2.05, 4.69) is 20.8 Å². The first-order valence-electron chi connectivity index (χ1n) is 12.9. The molecule has 39 heavy (non-hydrogen) atoms. The van der Waals surface area contributed by atoms with Crippen LogP contribution < -0.4 is 20.1 Å². The maximum Gasteiger partial charge on any atom is 0.256 e. The van der Waals surface area contributed by atoms with E-state index in [4.69, 9.17) is 14.2 Å². The highest BCUT2D eigenvalue weighted by molar-refractivity contribution is 6.35. The monoisotopic (exact) mass is 533 g/mol. The summed E-state index contributed by atoms with van der Waals surface area (Å²) in [4.78, 5) is 26.8. The Morgan fingerprint density at radius 1 is 1.15 bits per heavy atom. The largest absolute Gasteiger partial charge is 0.492 e. The van der Waals surface area contributed by atoms with E-state index in [-0.39, 0.29) is 18.4 Å². The Morgan fingerprint density at radius 2 is 1.97 bits per heavy atom. The Balaban J connectivity index is 1.05. The van der Waals surface area contributed by atoms with Crippen molar-refractivity contribution in [2.75, 3.05) is 57.9 Å². The average molecular weight is 534 g/mol. The number of morpholine rings is 1. The first-order valence-corrected chi connectivity index (χ1v) is 12.9. The van der Waals surface area contributed by atoms with Gasteiger partial charge in [0.1, 0.15) is 30.8 Å². The average Bonchev–Trinajstić information content (AvgIpc) is 3.60. The molecule has 5 rings (SSSR count). The molecule has 0 radical (unpaired) electrons. The minimum absolute atomic E-state index is 0.00361. The van der Waals surface area contributed by atoms with Gasteiger partial charge >= 0.3 is 0 Å². The SMILES string of the molecule is O=C1Nc2cccc(OCC(O)CNCCOc3ccc(C(=O)N4CCOCC4)cc3)c2C1=Cc1ccn[nH]1. The maximum absolute atomic E-state index is 12.5. The molecule has 2 amide bonds. The number of amides is 2. The molecule has 3 heterocycles. The van der Waals surface area contributed by atoms with Gasteiger partial charge in [0.2, 0.25) is 0 Å². The van der Waals surface area contributed by atoms with Gasteiger partial charge in [-0.25, -0.2) is 0 Å². The Morgan fingerprint density at radius 3 is 2.74 bits per heavy atom. The Hall–Kier alpha value is -4.19. The summed E-state index contributed by atoms with van der Waals surface area (Å²) >= 11 is 0. The van der Waals surface area contributed by atoms with Crippen LogP contribution in [0.1, 0.15) is 21.6 Å². The van der Waals surface area contributed by atoms with Crippen molar-refractivity contribution in [2.24, 2.45) is 0 Å². The lowest BCUT2D eigenvalue weighted by Gasteiger charge is -2.26. The van der Waals surface area contributed by atoms with Crippen LogP contribution in [-0.4, -0.2) is 90.7 Å². The molecular weight excluding hydrogens is 502 g/mol. The molecule has 1 saturated heterocycles. The molecule has 1 unspecified atom stereocenters. The zero-order valence-corrected chi connectivity index (χ0v) is 21.4. The smallest absolute Gasteiger partial charge is 0.256 e. The number of benzene rings is 2. The van der Waals surface area contributed by atoms with Crippen LogP contribution in [0.15, 0.2) is 54.7 Å². The predicted molar refractivity (Wildman–Crippen MR) is 145 cm³/mol. The van der Waals surface area contributed by atoms with Crippen molar-refractivity contribution in [3.63, 3.8) is 0 Å². The molecule has 1 fully saturated rings. The molecule has 0 aliphatic carbocycles. The van der Waals surface area contributed by atoms with Crippen molar-refractivity contribution in [1.29, 1.82) is 0 Å². The van der Waals surface area contributed by atoms with E-state index in [9.17, 15) is 14.7 Å². The fourth-order valence-electron chi connectivity index (χ4n) is 4.37. The van der Waals surface area contributed by atoms with Crippen molar-refractivity contribution < 1.29 is 28.9 Å². The molecule has 2 aliphatic heterocycles. The minimum Gasteiger partial charge on any atom is -0.492 e. The Kier molecular flexibility index (Phi) is 8.51. The van der Waals surface area contributed by atoms with E-state index < -0.39 is 6.10 Å². The van der Waals surface area contributed by atoms with Crippen LogP contribution in [-0.2, 0) is 9.53 Å². The summed E-state index contributed by atoms with van der Waals surface area (Å²) in [7, 11) is 0. The summed E-state index contributed by atoms with van der Waals surface area (Å²) in [6.07, 6.45) is 2.56. The third-order valence-corrected chi connectivity index (χ3v) is 6.37. The number of aliphatic hydroxyl groups excluding tert-OH is 1. The van der Waals surface area contributed by atoms with E-state index in [1.54, 1.807) is 65.7 Å². The van der Waals surface area contributed by atoms with Crippen molar-refractivity contribution in [2.45, 2.75) is 6.10 Å². The number of carbonyl (C=O) groups is 2. The van der Waals surface area contributed by atoms with Gasteiger partial charge in [-0.1, -0.05) is 6.07 Å². The van der Waals surface area contributed by atoms with E-state index in [1.807, 2.05) is 0 Å². The number of hydrogen-bond donors (Lipinski definition) is 4. The van der Waals surface area contributed by atoms with Gasteiger partial charge in [-0.15, -0.1) is 0 Å². The molecule has 1 atom stereocenters. The van der Waals surface area contributed by atoms with Crippen LogP contribution in [0, 0.1) is 0 Å². The maximum atomic E-state index is 12.5. The topological polar surface area (TPSA) is 138 Å². The van der Waals surface area contributed by atoms with Crippen LogP contribution in [0.3, 0.4) is 0 Å². The van der Waals surface area contributed by atoms with Crippen LogP contribution in [0.4, 0.5) is 5.69 Å². The number of fused-ring (bicyclic) bond motifs is 1. The van der Waals surface area contributed by atoms with E-state index >= 15 is 0 Å². The van der Waals surface area contributed by atoms with Crippen LogP contribution in [0.25, 0.3) is 11.6 Å². The lowest BCUT2D eigenvalue weighted by Crippen LogP contribution is -2.40. The zero-order valence-electron chi connectivity index (χ0n) is 21.4. The first-order chi connectivity index (χ1) is 19.1. The van der Waals surface area contributed by atoms with Crippen LogP contribution in [0.2, 0.25) is 0 Å². The van der Waals surface area contributed by atoms with Crippen LogP contribution in [0.5, 0.6) is 11.5 Å². The second kappa shape index (κ2) is 12.6. The highest BCUT2D eigenvalue weighted by atomic mass is 16.5. The highest BCUT2D eigenvalue weighted by Crippen LogP contribution is 2.39. The van der Waals surface area contributed by atoms with Crippen molar-refractivity contribution in [3.8, 4) is 11.5 Å². The summed E-state index contributed by atoms with van der Waals surface area (Å²) in [5.41, 5.74) is 3.10. The van der Waals surface area contributed by atoms with Crippen molar-refractivity contribution in [1.82, 2.24) is 20.4 Å². The third-order valence-electron chi connectivity index (χ3n) is 6.37. The molecule has 11 heteroatoms. The summed E-state index contributed by atoms with van der Waals surface area (Å²) in [5, 5.41) is 23.1. The number of nitrogens with zero attached hydrogens (tertiary/aromatic N) is 2. The van der Waals surface area contributed by atoms with E-state index in [0.29, 0.717) is 85.6 Å². The molecule has 0 saturated carbocycles. The lowest BCUT2D eigenvalue weighted by molar-refractivity contribution is -0.110. The first kappa shape index (κ1) is 26.4. The highest BCUT2D eigenvalue weighted by Gasteiger charge is 2.28. The zero-order chi connectivity index (χ0) is 27.0. The molecule has 1 aromatic heterocycles. The lowest BCUT2D eigenvalue weighted by atomic mass is 10.0. The van der Waals surface area contributed by atoms with Gasteiger partial charge < -0.3 is 34.9 Å². The van der Waals surface area contributed by atoms with Gasteiger partial charge in [0.25, 0.3) is 11.8 Å². The second-order valence-corrected chi connectivity index (χ2v) is 9.15. The number of hydrogen-bond acceptors (Lipinski definition) is 8. The number of aromatic nitrogens is 2. The molecule has 4 N–H and O–H groups in total. The Bertz CT molecular complexity index is 1300. The molecule has 11 nitrogen and oxygen atoms in total. The summed E-state index contributed by atoms with van der Waals surface area (Å²) in [6.45, 7) is 3.61. The fourth-order valence-corrected chi connectivity index (χ4v) is 4.37. The molecule has 2 aromatic carbocycles. The Labute approximate surface area is 225 Å². The number of ether oxygens (including phenoxy) is 3. The summed E-state index contributed by atoms with van der Waals surface area (Å²) in [6, 6.07) is 14.2. The summed E-state index contributed by atoms with van der Waals surface area (Å²) in [5.74, 6) is 0.946. The number of nitrogens with one attached hydrogen (secondary N) is 3. The van der Waals surface area contributed by atoms with Crippen LogP contribution >= 0.6 is 0 Å². The normalized spacial score (nSPS) is 16.6. The number of aliphatic hydroxyl groups is 1. The van der Waals surface area contributed by atoms with Gasteiger partial charge in [-0.3, -0.25) is 14.7 Å². The molecule has 3 aromatic rings. The predicted octanol–water partition coefficient (Wildman–Crippen LogP) is 1.78. The number of H-pyrrole nitrogens is 1. The van der Waals surface area contributed by atoms with E-state index in [1.165, 1.54) is 0 Å². The molecule has 204 valence electrons. The number of anilines is 1. The van der Waals surface area contributed by atoms with Crippen molar-refractivity contribution >= 4 is 29.2 Å². The quantitative estimate of drug-likeness (QED) is 0.216. The molecule has 2 aliphatic rings. The number of rotatable bonds is 11. The minimum atomic E-state index is -0.767. The van der Waals surface area contributed by atoms with E-state index in [0.717, 1.165) is 0 Å². The molecule has 0 bridgehead atoms. The van der Waals surface area contributed by atoms with Gasteiger partial charge in [-0.2, -0.15) is 5.10 Å². The number of carbonyl (C=O) groups excluding carboxylic acids is 2.